The van der Waals surface area contributed by atoms with Gasteiger partial charge in [-0.2, -0.15) is 0 Å². The maximum Gasteiger partial charge on any atom is 0.266 e. The fourth-order valence-electron chi connectivity index (χ4n) is 3.83. The van der Waals surface area contributed by atoms with Gasteiger partial charge >= 0.3 is 0 Å². The predicted octanol–water partition coefficient (Wildman–Crippen LogP) is 3.43. The number of aryl methyl sites for hydroxylation is 1. The molecule has 1 atom stereocenters. The van der Waals surface area contributed by atoms with Crippen LogP contribution in [0.1, 0.15) is 30.8 Å². The van der Waals surface area contributed by atoms with Gasteiger partial charge in [-0.25, -0.2) is 24.3 Å². The van der Waals surface area contributed by atoms with E-state index in [0.29, 0.717) is 40.3 Å². The molecule has 0 aliphatic rings. The van der Waals surface area contributed by atoms with Gasteiger partial charge in [-0.05, 0) is 31.5 Å². The number of hydrogen-bond acceptors (Lipinski definition) is 7. The number of pyridine rings is 2. The molecule has 5 rings (SSSR count). The third-order valence-corrected chi connectivity index (χ3v) is 5.33. The number of aromatic amines is 1. The van der Waals surface area contributed by atoms with Crippen molar-refractivity contribution in [2.75, 3.05) is 5.32 Å². The van der Waals surface area contributed by atoms with Gasteiger partial charge < -0.3 is 10.3 Å². The number of nitrogens with zero attached hydrogens (tertiary/aromatic N) is 6. The normalized spacial score (nSPS) is 12.3. The minimum Gasteiger partial charge on any atom is -0.360 e. The van der Waals surface area contributed by atoms with E-state index in [1.165, 1.54) is 23.0 Å². The molecule has 0 radical (unpaired) electrons. The fourth-order valence-corrected chi connectivity index (χ4v) is 3.83. The number of H-pyrrole nitrogens is 1. The van der Waals surface area contributed by atoms with E-state index in [-0.39, 0.29) is 11.1 Å². The van der Waals surface area contributed by atoms with Gasteiger partial charge in [0.05, 0.1) is 29.8 Å². The van der Waals surface area contributed by atoms with Crippen LogP contribution in [-0.2, 0) is 0 Å². The van der Waals surface area contributed by atoms with Crippen molar-refractivity contribution in [3.63, 3.8) is 0 Å². The van der Waals surface area contributed by atoms with Crippen LogP contribution >= 0.6 is 0 Å². The monoisotopic (exact) mass is 430 g/mol. The number of halogens is 1. The minimum absolute atomic E-state index is 0.287. The van der Waals surface area contributed by atoms with Gasteiger partial charge in [0.1, 0.15) is 23.3 Å². The van der Waals surface area contributed by atoms with E-state index in [1.807, 2.05) is 26.0 Å². The highest BCUT2D eigenvalue weighted by Gasteiger charge is 2.24. The summed E-state index contributed by atoms with van der Waals surface area (Å²) in [6, 6.07) is 6.34. The summed E-state index contributed by atoms with van der Waals surface area (Å²) in [5.74, 6) is -0.0181. The average molecular weight is 430 g/mol. The molecule has 0 aliphatic carbocycles. The second kappa shape index (κ2) is 7.80. The molecule has 0 amide bonds. The molecule has 5 aromatic rings. The lowest BCUT2D eigenvalue weighted by Gasteiger charge is -2.21. The van der Waals surface area contributed by atoms with Crippen LogP contribution in [0, 0.1) is 12.7 Å². The van der Waals surface area contributed by atoms with Crippen LogP contribution in [0.3, 0.4) is 0 Å². The lowest BCUT2D eigenvalue weighted by Crippen LogP contribution is -2.25. The van der Waals surface area contributed by atoms with Crippen LogP contribution in [0.4, 0.5) is 10.2 Å². The third kappa shape index (κ3) is 3.25. The van der Waals surface area contributed by atoms with Crippen molar-refractivity contribution in [3.8, 4) is 11.1 Å². The Morgan fingerprint density at radius 2 is 2.09 bits per heavy atom. The second-order valence-corrected chi connectivity index (χ2v) is 7.36. The predicted molar refractivity (Wildman–Crippen MR) is 118 cm³/mol. The molecular weight excluding hydrogens is 411 g/mol. The zero-order valence-corrected chi connectivity index (χ0v) is 17.4. The lowest BCUT2D eigenvalue weighted by molar-refractivity contribution is 0.622. The molecule has 0 saturated carbocycles. The van der Waals surface area contributed by atoms with Crippen LogP contribution < -0.4 is 10.9 Å². The largest absolute Gasteiger partial charge is 0.360 e. The summed E-state index contributed by atoms with van der Waals surface area (Å²) in [6.07, 6.45) is 6.13. The second-order valence-electron chi connectivity index (χ2n) is 7.36. The topological polar surface area (TPSA) is 114 Å². The number of aromatic nitrogens is 7. The van der Waals surface area contributed by atoms with E-state index >= 15 is 0 Å². The van der Waals surface area contributed by atoms with Crippen LogP contribution in [0.5, 0.6) is 0 Å². The molecule has 32 heavy (non-hydrogen) atoms. The zero-order valence-electron chi connectivity index (χ0n) is 17.4. The SMILES string of the molecule is CCC(Nc1ncnc2[nH]cnc12)c1nc2cccc(C)n2c(=O)c1-c1cncc(F)c1. The summed E-state index contributed by atoms with van der Waals surface area (Å²) in [4.78, 5) is 38.1. The summed E-state index contributed by atoms with van der Waals surface area (Å²) in [5, 5.41) is 3.35. The van der Waals surface area contributed by atoms with Crippen molar-refractivity contribution in [2.45, 2.75) is 26.3 Å². The Morgan fingerprint density at radius 1 is 1.22 bits per heavy atom. The highest BCUT2D eigenvalue weighted by molar-refractivity contribution is 5.82. The maximum atomic E-state index is 14.0. The number of anilines is 1. The summed E-state index contributed by atoms with van der Waals surface area (Å²) in [7, 11) is 0. The number of nitrogens with one attached hydrogen (secondary N) is 2. The quantitative estimate of drug-likeness (QED) is 0.439. The smallest absolute Gasteiger partial charge is 0.266 e. The summed E-state index contributed by atoms with van der Waals surface area (Å²) in [5.41, 5.74) is 3.25. The lowest BCUT2D eigenvalue weighted by atomic mass is 10.00. The molecule has 0 fully saturated rings. The molecular formula is C22H19FN8O. The van der Waals surface area contributed by atoms with Crippen molar-refractivity contribution < 1.29 is 4.39 Å². The molecule has 0 aromatic carbocycles. The van der Waals surface area contributed by atoms with E-state index in [2.05, 4.69) is 30.2 Å². The Morgan fingerprint density at radius 3 is 2.91 bits per heavy atom. The van der Waals surface area contributed by atoms with E-state index < -0.39 is 11.9 Å². The third-order valence-electron chi connectivity index (χ3n) is 5.33. The molecule has 1 unspecified atom stereocenters. The zero-order chi connectivity index (χ0) is 22.2. The number of imidazole rings is 1. The number of rotatable bonds is 5. The van der Waals surface area contributed by atoms with Gasteiger partial charge in [0.15, 0.2) is 11.5 Å². The molecule has 0 bridgehead atoms. The Balaban J connectivity index is 1.75. The van der Waals surface area contributed by atoms with Crippen molar-refractivity contribution in [3.05, 3.63) is 76.9 Å². The molecule has 10 heteroatoms. The van der Waals surface area contributed by atoms with Gasteiger partial charge in [-0.3, -0.25) is 14.2 Å². The van der Waals surface area contributed by atoms with E-state index in [4.69, 9.17) is 4.98 Å². The first-order valence-corrected chi connectivity index (χ1v) is 10.1. The number of fused-ring (bicyclic) bond motifs is 2. The molecule has 0 saturated heterocycles. The average Bonchev–Trinajstić information content (AvgIpc) is 3.27. The van der Waals surface area contributed by atoms with Crippen molar-refractivity contribution >= 4 is 22.6 Å². The van der Waals surface area contributed by atoms with E-state index in [0.717, 1.165) is 11.9 Å². The van der Waals surface area contributed by atoms with Gasteiger partial charge in [0.25, 0.3) is 5.56 Å². The van der Waals surface area contributed by atoms with Crippen LogP contribution in [0.15, 0.2) is 54.1 Å². The van der Waals surface area contributed by atoms with Crippen molar-refractivity contribution in [1.82, 2.24) is 34.3 Å². The van der Waals surface area contributed by atoms with Crippen molar-refractivity contribution in [2.24, 2.45) is 0 Å². The standard InChI is InChI=1S/C22H19FN8O/c1-3-15(29-21-19-20(26-10-25-19)27-11-28-21)18-17(13-7-14(23)9-24-8-13)22(32)31-12(2)5-4-6-16(31)30-18/h4-11,15H,3H2,1-2H3,(H2,25,26,27,28,29). The number of hydrogen-bond donors (Lipinski definition) is 2. The maximum absolute atomic E-state index is 14.0. The Labute approximate surface area is 181 Å². The summed E-state index contributed by atoms with van der Waals surface area (Å²) >= 11 is 0. The van der Waals surface area contributed by atoms with E-state index in [1.54, 1.807) is 12.4 Å². The molecule has 0 aliphatic heterocycles. The highest BCUT2D eigenvalue weighted by atomic mass is 19.1. The molecule has 0 spiro atoms. The first-order chi connectivity index (χ1) is 15.6. The molecule has 5 aromatic heterocycles. The Hall–Kier alpha value is -4.21. The Kier molecular flexibility index (Phi) is 4.81. The summed E-state index contributed by atoms with van der Waals surface area (Å²) in [6.45, 7) is 3.79. The van der Waals surface area contributed by atoms with Crippen LogP contribution in [0.2, 0.25) is 0 Å². The van der Waals surface area contributed by atoms with Gasteiger partial charge in [0.2, 0.25) is 0 Å². The van der Waals surface area contributed by atoms with E-state index in [9.17, 15) is 9.18 Å². The van der Waals surface area contributed by atoms with Crippen molar-refractivity contribution in [1.29, 1.82) is 0 Å². The van der Waals surface area contributed by atoms with Gasteiger partial charge in [-0.1, -0.05) is 13.0 Å². The molecule has 160 valence electrons. The molecule has 9 nitrogen and oxygen atoms in total. The molecule has 5 heterocycles. The fraction of sp³-hybridized carbons (Fsp3) is 0.182. The first-order valence-electron chi connectivity index (χ1n) is 10.1. The molecule has 2 N–H and O–H groups in total. The van der Waals surface area contributed by atoms with Gasteiger partial charge in [0, 0.05) is 17.5 Å². The highest BCUT2D eigenvalue weighted by Crippen LogP contribution is 2.30. The van der Waals surface area contributed by atoms with Crippen LogP contribution in [-0.4, -0.2) is 34.3 Å². The first kappa shape index (κ1) is 19.7. The van der Waals surface area contributed by atoms with Gasteiger partial charge in [-0.15, -0.1) is 0 Å². The Bertz CT molecular complexity index is 1510. The minimum atomic E-state index is -0.530. The summed E-state index contributed by atoms with van der Waals surface area (Å²) < 4.78 is 15.6. The van der Waals surface area contributed by atoms with Crippen LogP contribution in [0.25, 0.3) is 27.9 Å².